The summed E-state index contributed by atoms with van der Waals surface area (Å²) in [4.78, 5) is 0. The van der Waals surface area contributed by atoms with Crippen LogP contribution in [0, 0.1) is 5.41 Å². The summed E-state index contributed by atoms with van der Waals surface area (Å²) in [5.41, 5.74) is 17.7. The van der Waals surface area contributed by atoms with E-state index in [0.717, 1.165) is 0 Å². The lowest BCUT2D eigenvalue weighted by atomic mass is 9.83. The first kappa shape index (κ1) is 8.93. The molecular weight excluding hydrogens is 140 g/mol. The molecule has 0 saturated carbocycles. The Balaban J connectivity index is 2.62. The summed E-state index contributed by atoms with van der Waals surface area (Å²) in [6.07, 6.45) is -0.126. The standard InChI is InChI=1S/C7H18N4/c1-7(2,3)5-4(8)6(9)11-10-5/h4-6,10-11H,8-9H2,1-3H3/t4?,5-,6?/m1/s1. The van der Waals surface area contributed by atoms with Crippen LogP contribution in [0.1, 0.15) is 20.8 Å². The van der Waals surface area contributed by atoms with Gasteiger partial charge in [0.1, 0.15) is 0 Å². The summed E-state index contributed by atoms with van der Waals surface area (Å²) in [6, 6.07) is 0.243. The molecule has 66 valence electrons. The predicted molar refractivity (Wildman–Crippen MR) is 45.5 cm³/mol. The van der Waals surface area contributed by atoms with Gasteiger partial charge in [0.15, 0.2) is 0 Å². The molecule has 1 rings (SSSR count). The van der Waals surface area contributed by atoms with Crippen LogP contribution in [0.5, 0.6) is 0 Å². The summed E-state index contributed by atoms with van der Waals surface area (Å²) >= 11 is 0. The van der Waals surface area contributed by atoms with E-state index >= 15 is 0 Å². The van der Waals surface area contributed by atoms with Crippen molar-refractivity contribution in [2.24, 2.45) is 16.9 Å². The minimum atomic E-state index is -0.126. The number of hydrogen-bond acceptors (Lipinski definition) is 4. The van der Waals surface area contributed by atoms with Gasteiger partial charge in [0.05, 0.1) is 12.2 Å². The second kappa shape index (κ2) is 2.71. The number of hydrogen-bond donors (Lipinski definition) is 4. The zero-order valence-corrected chi connectivity index (χ0v) is 7.39. The van der Waals surface area contributed by atoms with E-state index in [2.05, 4.69) is 31.6 Å². The van der Waals surface area contributed by atoms with Gasteiger partial charge in [-0.15, -0.1) is 0 Å². The Hall–Kier alpha value is -0.160. The first-order chi connectivity index (χ1) is 4.93. The molecule has 0 amide bonds. The van der Waals surface area contributed by atoms with Crippen LogP contribution in [0.4, 0.5) is 0 Å². The minimum absolute atomic E-state index is 0.00463. The molecule has 11 heavy (non-hydrogen) atoms. The zero-order valence-electron chi connectivity index (χ0n) is 7.39. The van der Waals surface area contributed by atoms with Crippen molar-refractivity contribution >= 4 is 0 Å². The van der Waals surface area contributed by atoms with Gasteiger partial charge in [0.25, 0.3) is 0 Å². The lowest BCUT2D eigenvalue weighted by Gasteiger charge is -2.29. The molecule has 1 aliphatic heterocycles. The molecule has 0 aliphatic carbocycles. The van der Waals surface area contributed by atoms with Gasteiger partial charge in [-0.2, -0.15) is 0 Å². The van der Waals surface area contributed by atoms with E-state index in [9.17, 15) is 0 Å². The third kappa shape index (κ3) is 1.70. The Bertz CT molecular complexity index is 140. The van der Waals surface area contributed by atoms with Gasteiger partial charge in [0, 0.05) is 6.04 Å². The lowest BCUT2D eigenvalue weighted by Crippen LogP contribution is -2.50. The molecule has 0 aromatic rings. The molecule has 6 N–H and O–H groups in total. The van der Waals surface area contributed by atoms with Crippen molar-refractivity contribution in [3.63, 3.8) is 0 Å². The normalized spacial score (nSPS) is 39.5. The van der Waals surface area contributed by atoms with E-state index in [1.165, 1.54) is 0 Å². The Morgan fingerprint density at radius 2 is 1.64 bits per heavy atom. The fourth-order valence-electron chi connectivity index (χ4n) is 1.38. The Morgan fingerprint density at radius 1 is 1.09 bits per heavy atom. The van der Waals surface area contributed by atoms with Crippen LogP contribution in [-0.4, -0.2) is 18.2 Å². The molecule has 0 aromatic heterocycles. The van der Waals surface area contributed by atoms with E-state index in [0.29, 0.717) is 0 Å². The number of hydrazine groups is 1. The molecule has 1 aliphatic rings. The smallest absolute Gasteiger partial charge is 0.0848 e. The van der Waals surface area contributed by atoms with E-state index in [1.807, 2.05) is 0 Å². The van der Waals surface area contributed by atoms with Crippen LogP contribution < -0.4 is 22.3 Å². The van der Waals surface area contributed by atoms with Crippen LogP contribution in [0.25, 0.3) is 0 Å². The van der Waals surface area contributed by atoms with Crippen molar-refractivity contribution in [2.75, 3.05) is 0 Å². The van der Waals surface area contributed by atoms with Crippen LogP contribution in [0.3, 0.4) is 0 Å². The Morgan fingerprint density at radius 3 is 1.82 bits per heavy atom. The van der Waals surface area contributed by atoms with E-state index < -0.39 is 0 Å². The quantitative estimate of drug-likeness (QED) is 0.369. The highest BCUT2D eigenvalue weighted by Gasteiger charge is 2.37. The predicted octanol–water partition coefficient (Wildman–Crippen LogP) is -0.879. The number of nitrogens with one attached hydrogen (secondary N) is 2. The average Bonchev–Trinajstić information content (AvgIpc) is 2.11. The molecule has 1 saturated heterocycles. The maximum absolute atomic E-state index is 5.86. The molecule has 4 heteroatoms. The zero-order chi connectivity index (χ0) is 8.65. The van der Waals surface area contributed by atoms with Crippen molar-refractivity contribution in [2.45, 2.75) is 39.0 Å². The molecule has 0 bridgehead atoms. The molecule has 3 atom stereocenters. The summed E-state index contributed by atoms with van der Waals surface area (Å²) < 4.78 is 0. The SMILES string of the molecule is CC(C)(C)[C@@H]1NNC(N)C1N. The third-order valence-corrected chi connectivity index (χ3v) is 2.14. The third-order valence-electron chi connectivity index (χ3n) is 2.14. The van der Waals surface area contributed by atoms with Crippen molar-refractivity contribution < 1.29 is 0 Å². The topological polar surface area (TPSA) is 76.1 Å². The summed E-state index contributed by atoms with van der Waals surface area (Å²) in [6.45, 7) is 6.43. The van der Waals surface area contributed by atoms with Crippen molar-refractivity contribution in [3.8, 4) is 0 Å². The summed E-state index contributed by atoms with van der Waals surface area (Å²) in [7, 11) is 0. The number of rotatable bonds is 0. The summed E-state index contributed by atoms with van der Waals surface area (Å²) in [5, 5.41) is 0. The minimum Gasteiger partial charge on any atom is -0.324 e. The molecule has 1 heterocycles. The largest absolute Gasteiger partial charge is 0.324 e. The second-order valence-corrected chi connectivity index (χ2v) is 4.24. The fraction of sp³-hybridized carbons (Fsp3) is 1.00. The monoisotopic (exact) mass is 158 g/mol. The Labute approximate surface area is 67.7 Å². The van der Waals surface area contributed by atoms with E-state index in [-0.39, 0.29) is 23.7 Å². The van der Waals surface area contributed by atoms with E-state index in [4.69, 9.17) is 11.5 Å². The molecule has 4 nitrogen and oxygen atoms in total. The van der Waals surface area contributed by atoms with Gasteiger partial charge in [-0.3, -0.25) is 5.43 Å². The average molecular weight is 158 g/mol. The highest BCUT2D eigenvalue weighted by molar-refractivity contribution is 4.97. The van der Waals surface area contributed by atoms with Crippen molar-refractivity contribution in [1.82, 2.24) is 10.9 Å². The molecule has 1 fully saturated rings. The van der Waals surface area contributed by atoms with Gasteiger partial charge in [-0.1, -0.05) is 20.8 Å². The molecule has 2 unspecified atom stereocenters. The first-order valence-electron chi connectivity index (χ1n) is 3.95. The van der Waals surface area contributed by atoms with Crippen molar-refractivity contribution in [1.29, 1.82) is 0 Å². The van der Waals surface area contributed by atoms with Crippen LogP contribution in [-0.2, 0) is 0 Å². The fourth-order valence-corrected chi connectivity index (χ4v) is 1.38. The maximum atomic E-state index is 5.86. The van der Waals surface area contributed by atoms with E-state index in [1.54, 1.807) is 0 Å². The summed E-state index contributed by atoms with van der Waals surface area (Å²) in [5.74, 6) is 0. The van der Waals surface area contributed by atoms with Crippen LogP contribution in [0.2, 0.25) is 0 Å². The molecule has 0 spiro atoms. The molecule has 0 radical (unpaired) electrons. The van der Waals surface area contributed by atoms with Gasteiger partial charge >= 0.3 is 0 Å². The van der Waals surface area contributed by atoms with Gasteiger partial charge in [-0.05, 0) is 5.41 Å². The second-order valence-electron chi connectivity index (χ2n) is 4.24. The Kier molecular flexibility index (Phi) is 2.20. The lowest BCUT2D eigenvalue weighted by molar-refractivity contribution is 0.267. The first-order valence-corrected chi connectivity index (χ1v) is 3.95. The van der Waals surface area contributed by atoms with Gasteiger partial charge < -0.3 is 11.5 Å². The molecule has 0 aromatic carbocycles. The van der Waals surface area contributed by atoms with Gasteiger partial charge in [-0.25, -0.2) is 5.43 Å². The van der Waals surface area contributed by atoms with Crippen LogP contribution in [0.15, 0.2) is 0 Å². The van der Waals surface area contributed by atoms with Crippen LogP contribution >= 0.6 is 0 Å². The van der Waals surface area contributed by atoms with Crippen molar-refractivity contribution in [3.05, 3.63) is 0 Å². The highest BCUT2D eigenvalue weighted by atomic mass is 15.5. The van der Waals surface area contributed by atoms with Gasteiger partial charge in [0.2, 0.25) is 0 Å². The number of nitrogens with two attached hydrogens (primary N) is 2. The maximum Gasteiger partial charge on any atom is 0.0848 e. The molecular formula is C7H18N4. The highest BCUT2D eigenvalue weighted by Crippen LogP contribution is 2.23.